The van der Waals surface area contributed by atoms with Gasteiger partial charge in [0.15, 0.2) is 0 Å². The Morgan fingerprint density at radius 1 is 1.22 bits per heavy atom. The zero-order valence-corrected chi connectivity index (χ0v) is 11.7. The molecule has 3 nitrogen and oxygen atoms in total. The molecule has 0 aliphatic heterocycles. The van der Waals surface area contributed by atoms with E-state index < -0.39 is 0 Å². The number of hydrogen-bond donors (Lipinski definition) is 2. The molecule has 2 unspecified atom stereocenters. The topological polar surface area (TPSA) is 55.1 Å². The van der Waals surface area contributed by atoms with Gasteiger partial charge in [-0.2, -0.15) is 0 Å². The van der Waals surface area contributed by atoms with E-state index >= 15 is 0 Å². The highest BCUT2D eigenvalue weighted by Gasteiger charge is 2.41. The van der Waals surface area contributed by atoms with E-state index in [9.17, 15) is 4.79 Å². The minimum absolute atomic E-state index is 0.240. The summed E-state index contributed by atoms with van der Waals surface area (Å²) in [5.74, 6) is 0.923. The first-order valence-corrected chi connectivity index (χ1v) is 7.73. The first kappa shape index (κ1) is 13.9. The molecule has 104 valence electrons. The zero-order valence-electron chi connectivity index (χ0n) is 11.7. The van der Waals surface area contributed by atoms with Gasteiger partial charge in [-0.25, -0.2) is 0 Å². The van der Waals surface area contributed by atoms with E-state index in [2.05, 4.69) is 12.2 Å². The van der Waals surface area contributed by atoms with Crippen LogP contribution in [0.4, 0.5) is 0 Å². The summed E-state index contributed by atoms with van der Waals surface area (Å²) in [4.78, 5) is 12.5. The number of hydrogen-bond acceptors (Lipinski definition) is 2. The van der Waals surface area contributed by atoms with Crippen molar-refractivity contribution in [2.24, 2.45) is 17.1 Å². The second-order valence-corrected chi connectivity index (χ2v) is 6.22. The van der Waals surface area contributed by atoms with Crippen molar-refractivity contribution < 1.29 is 4.79 Å². The van der Waals surface area contributed by atoms with E-state index in [1.165, 1.54) is 25.7 Å². The van der Waals surface area contributed by atoms with Gasteiger partial charge in [0.05, 0.1) is 5.41 Å². The predicted molar refractivity (Wildman–Crippen MR) is 74.1 cm³/mol. The molecular formula is C15H28N2O. The van der Waals surface area contributed by atoms with Crippen LogP contribution in [0.25, 0.3) is 0 Å². The highest BCUT2D eigenvalue weighted by Crippen LogP contribution is 2.38. The number of nitrogens with two attached hydrogens (primary N) is 1. The maximum atomic E-state index is 12.5. The minimum atomic E-state index is -0.240. The van der Waals surface area contributed by atoms with Gasteiger partial charge in [0, 0.05) is 12.6 Å². The van der Waals surface area contributed by atoms with E-state index in [4.69, 9.17) is 5.73 Å². The molecule has 0 aromatic heterocycles. The monoisotopic (exact) mass is 252 g/mol. The Morgan fingerprint density at radius 3 is 2.50 bits per heavy atom. The molecule has 2 atom stereocenters. The molecule has 0 radical (unpaired) electrons. The van der Waals surface area contributed by atoms with Crippen molar-refractivity contribution >= 4 is 5.91 Å². The van der Waals surface area contributed by atoms with Gasteiger partial charge in [-0.1, -0.05) is 39.0 Å². The van der Waals surface area contributed by atoms with E-state index in [-0.39, 0.29) is 11.3 Å². The third kappa shape index (κ3) is 2.71. The van der Waals surface area contributed by atoms with Gasteiger partial charge >= 0.3 is 0 Å². The average molecular weight is 252 g/mol. The molecule has 2 aliphatic carbocycles. The van der Waals surface area contributed by atoms with Crippen LogP contribution in [-0.4, -0.2) is 18.5 Å². The summed E-state index contributed by atoms with van der Waals surface area (Å²) in [5, 5.41) is 3.33. The Balaban J connectivity index is 1.96. The van der Waals surface area contributed by atoms with Crippen LogP contribution in [0.15, 0.2) is 0 Å². The van der Waals surface area contributed by atoms with Gasteiger partial charge < -0.3 is 11.1 Å². The Bertz CT molecular complexity index is 284. The lowest BCUT2D eigenvalue weighted by molar-refractivity contribution is -0.131. The predicted octanol–water partition coefficient (Wildman–Crippen LogP) is 2.59. The summed E-state index contributed by atoms with van der Waals surface area (Å²) in [6.07, 6.45) is 10.5. The molecule has 3 N–H and O–H groups in total. The van der Waals surface area contributed by atoms with Crippen LogP contribution in [0.1, 0.15) is 64.7 Å². The van der Waals surface area contributed by atoms with Crippen LogP contribution in [0.3, 0.4) is 0 Å². The standard InChI is InChI=1S/C15H28N2O/c1-2-12-7-3-4-8-13(12)17-14(18)15(11-16)9-5-6-10-15/h12-13H,2-11,16H2,1H3,(H,17,18). The lowest BCUT2D eigenvalue weighted by atomic mass is 9.80. The van der Waals surface area contributed by atoms with Crippen LogP contribution in [0.2, 0.25) is 0 Å². The summed E-state index contributed by atoms with van der Waals surface area (Å²) < 4.78 is 0. The van der Waals surface area contributed by atoms with E-state index in [0.717, 1.165) is 32.1 Å². The number of carbonyl (C=O) groups is 1. The van der Waals surface area contributed by atoms with Gasteiger partial charge in [0.25, 0.3) is 0 Å². The van der Waals surface area contributed by atoms with Crippen LogP contribution < -0.4 is 11.1 Å². The second kappa shape index (κ2) is 6.05. The summed E-state index contributed by atoms with van der Waals surface area (Å²) in [5.41, 5.74) is 5.64. The molecule has 18 heavy (non-hydrogen) atoms. The van der Waals surface area contributed by atoms with E-state index in [1.807, 2.05) is 0 Å². The Hall–Kier alpha value is -0.570. The first-order valence-electron chi connectivity index (χ1n) is 7.73. The van der Waals surface area contributed by atoms with Gasteiger partial charge in [0.1, 0.15) is 0 Å². The fraction of sp³-hybridized carbons (Fsp3) is 0.933. The molecule has 0 spiro atoms. The zero-order chi connectivity index (χ0) is 13.0. The highest BCUT2D eigenvalue weighted by atomic mass is 16.2. The number of carbonyl (C=O) groups excluding carboxylic acids is 1. The maximum absolute atomic E-state index is 12.5. The molecule has 0 bridgehead atoms. The summed E-state index contributed by atoms with van der Waals surface area (Å²) in [6.45, 7) is 2.76. The van der Waals surface area contributed by atoms with Crippen molar-refractivity contribution in [1.29, 1.82) is 0 Å². The molecule has 2 rings (SSSR count). The van der Waals surface area contributed by atoms with Crippen LogP contribution >= 0.6 is 0 Å². The van der Waals surface area contributed by atoms with Crippen molar-refractivity contribution in [3.8, 4) is 0 Å². The van der Waals surface area contributed by atoms with Gasteiger partial charge in [-0.3, -0.25) is 4.79 Å². The third-order valence-corrected chi connectivity index (χ3v) is 5.18. The first-order chi connectivity index (χ1) is 8.72. The number of nitrogens with one attached hydrogen (secondary N) is 1. The summed E-state index contributed by atoms with van der Waals surface area (Å²) in [6, 6.07) is 0.403. The van der Waals surface area contributed by atoms with Crippen LogP contribution in [0, 0.1) is 11.3 Å². The Labute approximate surface area is 111 Å². The molecular weight excluding hydrogens is 224 g/mol. The summed E-state index contributed by atoms with van der Waals surface area (Å²) >= 11 is 0. The lowest BCUT2D eigenvalue weighted by Crippen LogP contribution is -2.50. The van der Waals surface area contributed by atoms with Gasteiger partial charge in [-0.05, 0) is 31.6 Å². The SMILES string of the molecule is CCC1CCCCC1NC(=O)C1(CN)CCCC1. The van der Waals surface area contributed by atoms with Gasteiger partial charge in [-0.15, -0.1) is 0 Å². The normalized spacial score (nSPS) is 31.2. The second-order valence-electron chi connectivity index (χ2n) is 6.22. The van der Waals surface area contributed by atoms with Crippen molar-refractivity contribution in [3.63, 3.8) is 0 Å². The average Bonchev–Trinajstić information content (AvgIpc) is 2.89. The molecule has 0 saturated heterocycles. The lowest BCUT2D eigenvalue weighted by Gasteiger charge is -2.35. The maximum Gasteiger partial charge on any atom is 0.227 e. The molecule has 3 heteroatoms. The fourth-order valence-electron chi connectivity index (χ4n) is 3.78. The molecule has 0 aromatic rings. The largest absolute Gasteiger partial charge is 0.353 e. The highest BCUT2D eigenvalue weighted by molar-refractivity contribution is 5.83. The van der Waals surface area contributed by atoms with E-state index in [1.54, 1.807) is 0 Å². The minimum Gasteiger partial charge on any atom is -0.353 e. The van der Waals surface area contributed by atoms with Gasteiger partial charge in [0.2, 0.25) is 5.91 Å². The Kier molecular flexibility index (Phi) is 4.66. The van der Waals surface area contributed by atoms with Crippen LogP contribution in [-0.2, 0) is 4.79 Å². The van der Waals surface area contributed by atoms with Crippen molar-refractivity contribution in [1.82, 2.24) is 5.32 Å². The quantitative estimate of drug-likeness (QED) is 0.808. The van der Waals surface area contributed by atoms with Crippen LogP contribution in [0.5, 0.6) is 0 Å². The van der Waals surface area contributed by atoms with E-state index in [0.29, 0.717) is 18.5 Å². The molecule has 1 amide bonds. The molecule has 2 fully saturated rings. The number of rotatable bonds is 4. The molecule has 0 heterocycles. The Morgan fingerprint density at radius 2 is 1.89 bits per heavy atom. The number of amides is 1. The van der Waals surface area contributed by atoms with Crippen molar-refractivity contribution in [3.05, 3.63) is 0 Å². The van der Waals surface area contributed by atoms with Crippen molar-refractivity contribution in [2.75, 3.05) is 6.54 Å². The molecule has 0 aromatic carbocycles. The fourth-order valence-corrected chi connectivity index (χ4v) is 3.78. The molecule has 2 aliphatic rings. The van der Waals surface area contributed by atoms with Crippen molar-refractivity contribution in [2.45, 2.75) is 70.8 Å². The third-order valence-electron chi connectivity index (χ3n) is 5.18. The molecule has 2 saturated carbocycles. The summed E-state index contributed by atoms with van der Waals surface area (Å²) in [7, 11) is 0. The smallest absolute Gasteiger partial charge is 0.227 e.